The number of thiazole rings is 1. The van der Waals surface area contributed by atoms with Crippen LogP contribution in [-0.4, -0.2) is 13.4 Å². The van der Waals surface area contributed by atoms with Crippen LogP contribution in [0.4, 0.5) is 0 Å². The Morgan fingerprint density at radius 2 is 2.20 bits per heavy atom. The summed E-state index contributed by atoms with van der Waals surface area (Å²) in [5.41, 5.74) is 5.54. The van der Waals surface area contributed by atoms with Crippen LogP contribution in [-0.2, 0) is 16.6 Å². The summed E-state index contributed by atoms with van der Waals surface area (Å²) in [5.74, 6) is 0. The molecule has 1 atom stereocenters. The van der Waals surface area contributed by atoms with Crippen LogP contribution in [0.25, 0.3) is 0 Å². The van der Waals surface area contributed by atoms with E-state index in [0.29, 0.717) is 10.3 Å². The number of nitrogens with two attached hydrogens (primary N) is 1. The lowest BCUT2D eigenvalue weighted by Crippen LogP contribution is -2.26. The third-order valence-corrected chi connectivity index (χ3v) is 7.45. The van der Waals surface area contributed by atoms with Crippen molar-refractivity contribution < 1.29 is 8.42 Å². The standard InChI is InChI=1S/C11H14BrN3O2S3/c1-6-5-14-11(18-6)7(2)15-20(16,17)9-3-8(4-13)19-10(9)12/h3,5,7,15H,4,13H2,1-2H3. The van der Waals surface area contributed by atoms with E-state index in [9.17, 15) is 8.42 Å². The molecule has 0 saturated carbocycles. The van der Waals surface area contributed by atoms with E-state index >= 15 is 0 Å². The molecule has 0 aliphatic carbocycles. The molecule has 2 aromatic rings. The van der Waals surface area contributed by atoms with Gasteiger partial charge in [-0.15, -0.1) is 22.7 Å². The molecule has 2 rings (SSSR count). The summed E-state index contributed by atoms with van der Waals surface area (Å²) < 4.78 is 27.9. The topological polar surface area (TPSA) is 85.1 Å². The lowest BCUT2D eigenvalue weighted by molar-refractivity contribution is 0.566. The zero-order valence-electron chi connectivity index (χ0n) is 10.9. The highest BCUT2D eigenvalue weighted by atomic mass is 79.9. The molecule has 3 N–H and O–H groups in total. The molecule has 9 heteroatoms. The molecule has 1 unspecified atom stereocenters. The van der Waals surface area contributed by atoms with E-state index in [1.54, 1.807) is 19.2 Å². The van der Waals surface area contributed by atoms with Gasteiger partial charge >= 0.3 is 0 Å². The number of hydrogen-bond acceptors (Lipinski definition) is 6. The molecule has 0 aromatic carbocycles. The lowest BCUT2D eigenvalue weighted by Gasteiger charge is -2.11. The van der Waals surface area contributed by atoms with Gasteiger partial charge in [0.25, 0.3) is 0 Å². The van der Waals surface area contributed by atoms with Gasteiger partial charge in [0.05, 0.1) is 9.83 Å². The predicted octanol–water partition coefficient (Wildman–Crippen LogP) is 2.77. The van der Waals surface area contributed by atoms with Gasteiger partial charge in [-0.3, -0.25) is 0 Å². The summed E-state index contributed by atoms with van der Waals surface area (Å²) in [6.45, 7) is 4.03. The molecule has 2 heterocycles. The number of thiophene rings is 1. The second-order valence-electron chi connectivity index (χ2n) is 4.21. The fourth-order valence-electron chi connectivity index (χ4n) is 1.60. The van der Waals surface area contributed by atoms with Gasteiger partial charge in [0, 0.05) is 22.5 Å². The highest BCUT2D eigenvalue weighted by Gasteiger charge is 2.24. The first kappa shape index (κ1) is 16.1. The van der Waals surface area contributed by atoms with Crippen molar-refractivity contribution >= 4 is 48.6 Å². The smallest absolute Gasteiger partial charge is 0.243 e. The van der Waals surface area contributed by atoms with Crippen molar-refractivity contribution in [1.29, 1.82) is 0 Å². The SMILES string of the molecule is Cc1cnc(C(C)NS(=O)(=O)c2cc(CN)sc2Br)s1. The molecule has 0 aliphatic rings. The summed E-state index contributed by atoms with van der Waals surface area (Å²) in [4.78, 5) is 6.29. The Kier molecular flexibility index (Phi) is 4.98. The van der Waals surface area contributed by atoms with Gasteiger partial charge in [-0.05, 0) is 35.8 Å². The first-order valence-electron chi connectivity index (χ1n) is 5.76. The fraction of sp³-hybridized carbons (Fsp3) is 0.364. The molecule has 5 nitrogen and oxygen atoms in total. The second-order valence-corrected chi connectivity index (χ2v) is 9.61. The van der Waals surface area contributed by atoms with Crippen molar-refractivity contribution in [3.63, 3.8) is 0 Å². The van der Waals surface area contributed by atoms with E-state index in [1.807, 2.05) is 6.92 Å². The van der Waals surface area contributed by atoms with Gasteiger partial charge in [0.1, 0.15) is 9.90 Å². The van der Waals surface area contributed by atoms with E-state index in [1.165, 1.54) is 22.7 Å². The molecular weight excluding hydrogens is 382 g/mol. The fourth-order valence-corrected chi connectivity index (χ4v) is 6.22. The third-order valence-electron chi connectivity index (χ3n) is 2.54. The van der Waals surface area contributed by atoms with E-state index in [4.69, 9.17) is 5.73 Å². The number of halogens is 1. The highest BCUT2D eigenvalue weighted by Crippen LogP contribution is 2.32. The van der Waals surface area contributed by atoms with E-state index in [2.05, 4.69) is 25.6 Å². The van der Waals surface area contributed by atoms with Crippen molar-refractivity contribution in [2.24, 2.45) is 5.73 Å². The van der Waals surface area contributed by atoms with Crippen molar-refractivity contribution in [3.05, 3.63) is 30.8 Å². The Morgan fingerprint density at radius 3 is 2.70 bits per heavy atom. The normalized spacial score (nSPS) is 13.6. The summed E-state index contributed by atoms with van der Waals surface area (Å²) in [7, 11) is -3.59. The molecular formula is C11H14BrN3O2S3. The van der Waals surface area contributed by atoms with Gasteiger partial charge in [-0.1, -0.05) is 0 Å². The first-order chi connectivity index (χ1) is 9.33. The number of nitrogens with one attached hydrogen (secondary N) is 1. The molecule has 0 amide bonds. The van der Waals surface area contributed by atoms with Crippen molar-refractivity contribution in [2.75, 3.05) is 0 Å². The Bertz CT molecular complexity index is 708. The number of hydrogen-bond donors (Lipinski definition) is 2. The van der Waals surface area contributed by atoms with Crippen LogP contribution in [0.5, 0.6) is 0 Å². The van der Waals surface area contributed by atoms with Crippen LogP contribution < -0.4 is 10.5 Å². The largest absolute Gasteiger partial charge is 0.326 e. The number of rotatable bonds is 5. The quantitative estimate of drug-likeness (QED) is 0.814. The van der Waals surface area contributed by atoms with Crippen molar-refractivity contribution in [1.82, 2.24) is 9.71 Å². The molecule has 20 heavy (non-hydrogen) atoms. The minimum absolute atomic E-state index is 0.225. The van der Waals surface area contributed by atoms with Gasteiger partial charge < -0.3 is 5.73 Å². The molecule has 0 radical (unpaired) electrons. The Balaban J connectivity index is 2.24. The lowest BCUT2D eigenvalue weighted by atomic mass is 10.4. The number of aromatic nitrogens is 1. The molecule has 0 spiro atoms. The molecule has 0 fully saturated rings. The summed E-state index contributed by atoms with van der Waals surface area (Å²) >= 11 is 6.08. The summed E-state index contributed by atoms with van der Waals surface area (Å²) in [5, 5.41) is 0.747. The number of sulfonamides is 1. The zero-order valence-corrected chi connectivity index (χ0v) is 14.9. The first-order valence-corrected chi connectivity index (χ1v) is 9.67. The summed E-state index contributed by atoms with van der Waals surface area (Å²) in [6.07, 6.45) is 1.73. The average Bonchev–Trinajstić information content (AvgIpc) is 2.95. The monoisotopic (exact) mass is 395 g/mol. The zero-order chi connectivity index (χ0) is 14.9. The number of nitrogens with zero attached hydrogens (tertiary/aromatic N) is 1. The van der Waals surface area contributed by atoms with Crippen molar-refractivity contribution in [3.8, 4) is 0 Å². The summed E-state index contributed by atoms with van der Waals surface area (Å²) in [6, 6.07) is 1.23. The minimum atomic E-state index is -3.59. The van der Waals surface area contributed by atoms with Crippen LogP contribution in [0.2, 0.25) is 0 Å². The van der Waals surface area contributed by atoms with Gasteiger partial charge in [-0.2, -0.15) is 0 Å². The van der Waals surface area contributed by atoms with Gasteiger partial charge in [-0.25, -0.2) is 18.1 Å². The highest BCUT2D eigenvalue weighted by molar-refractivity contribution is 9.11. The Morgan fingerprint density at radius 1 is 1.50 bits per heavy atom. The van der Waals surface area contributed by atoms with E-state index < -0.39 is 10.0 Å². The molecule has 0 saturated heterocycles. The van der Waals surface area contributed by atoms with E-state index in [-0.39, 0.29) is 10.9 Å². The van der Waals surface area contributed by atoms with Crippen LogP contribution in [0, 0.1) is 6.92 Å². The Hall–Kier alpha value is -0.320. The molecule has 0 bridgehead atoms. The maximum absolute atomic E-state index is 12.4. The van der Waals surface area contributed by atoms with Gasteiger partial charge in [0.2, 0.25) is 10.0 Å². The minimum Gasteiger partial charge on any atom is -0.326 e. The van der Waals surface area contributed by atoms with Gasteiger partial charge in [0.15, 0.2) is 0 Å². The molecule has 2 aromatic heterocycles. The van der Waals surface area contributed by atoms with Crippen molar-refractivity contribution in [2.45, 2.75) is 31.3 Å². The van der Waals surface area contributed by atoms with E-state index in [0.717, 1.165) is 14.8 Å². The van der Waals surface area contributed by atoms with Crippen LogP contribution >= 0.6 is 38.6 Å². The Labute approximate surface area is 134 Å². The number of aryl methyl sites for hydroxylation is 1. The van der Waals surface area contributed by atoms with Crippen LogP contribution in [0.3, 0.4) is 0 Å². The second kappa shape index (κ2) is 6.20. The maximum atomic E-state index is 12.4. The van der Waals surface area contributed by atoms with Crippen LogP contribution in [0.1, 0.15) is 27.7 Å². The van der Waals surface area contributed by atoms with Crippen LogP contribution in [0.15, 0.2) is 20.9 Å². The maximum Gasteiger partial charge on any atom is 0.243 e. The third kappa shape index (κ3) is 3.46. The molecule has 110 valence electrons. The average molecular weight is 396 g/mol. The predicted molar refractivity (Wildman–Crippen MR) is 85.5 cm³/mol. The molecule has 0 aliphatic heterocycles.